The van der Waals surface area contributed by atoms with Gasteiger partial charge < -0.3 is 14.8 Å². The Morgan fingerprint density at radius 2 is 1.86 bits per heavy atom. The first-order chi connectivity index (χ1) is 13.7. The Hall–Kier alpha value is -2.73. The van der Waals surface area contributed by atoms with Crippen LogP contribution in [-0.2, 0) is 19.6 Å². The van der Waals surface area contributed by atoms with E-state index < -0.39 is 0 Å². The van der Waals surface area contributed by atoms with E-state index in [-0.39, 0.29) is 0 Å². The fourth-order valence-electron chi connectivity index (χ4n) is 3.05. The molecule has 0 bridgehead atoms. The maximum atomic E-state index is 4.51. The van der Waals surface area contributed by atoms with Gasteiger partial charge in [-0.3, -0.25) is 4.99 Å². The molecule has 0 spiro atoms. The number of rotatable bonds is 7. The van der Waals surface area contributed by atoms with E-state index in [0.717, 1.165) is 24.9 Å². The van der Waals surface area contributed by atoms with E-state index >= 15 is 0 Å². The highest BCUT2D eigenvalue weighted by Crippen LogP contribution is 2.15. The van der Waals surface area contributed by atoms with Gasteiger partial charge in [0.2, 0.25) is 0 Å². The number of aromatic nitrogens is 2. The van der Waals surface area contributed by atoms with Crippen LogP contribution in [0.5, 0.6) is 0 Å². The van der Waals surface area contributed by atoms with E-state index in [1.807, 2.05) is 32.6 Å². The molecule has 28 heavy (non-hydrogen) atoms. The molecule has 1 N–H and O–H groups in total. The topological polar surface area (TPSA) is 45.5 Å². The van der Waals surface area contributed by atoms with Gasteiger partial charge in [-0.05, 0) is 29.5 Å². The van der Waals surface area contributed by atoms with Gasteiger partial charge in [0.05, 0.1) is 6.54 Å². The smallest absolute Gasteiger partial charge is 0.194 e. The summed E-state index contributed by atoms with van der Waals surface area (Å²) in [4.78, 5) is 12.3. The Bertz CT molecular complexity index is 887. The van der Waals surface area contributed by atoms with Crippen LogP contribution in [-0.4, -0.2) is 40.8 Å². The number of imidazole rings is 1. The Balaban J connectivity index is 1.58. The van der Waals surface area contributed by atoms with Crippen molar-refractivity contribution in [3.8, 4) is 0 Å². The summed E-state index contributed by atoms with van der Waals surface area (Å²) >= 11 is 1.76. The van der Waals surface area contributed by atoms with Crippen molar-refractivity contribution < 1.29 is 0 Å². The second-order valence-electron chi connectivity index (χ2n) is 6.56. The lowest BCUT2D eigenvalue weighted by molar-refractivity contribution is 0.474. The van der Waals surface area contributed by atoms with Crippen LogP contribution in [0.25, 0.3) is 0 Å². The molecule has 0 amide bonds. The molecule has 6 heteroatoms. The predicted molar refractivity (Wildman–Crippen MR) is 118 cm³/mol. The number of benzene rings is 2. The summed E-state index contributed by atoms with van der Waals surface area (Å²) in [5, 5.41) is 3.43. The average molecular weight is 394 g/mol. The molecule has 0 fully saturated rings. The molecule has 0 aliphatic rings. The first-order valence-electron chi connectivity index (χ1n) is 9.28. The molecule has 1 heterocycles. The molecule has 0 saturated carbocycles. The monoisotopic (exact) mass is 393 g/mol. The standard InChI is InChI=1S/C22H27N5S/c1-23-22(26(2)16-19-9-11-20(28-3)12-10-19)25-15-21-24-13-14-27(21)17-18-7-5-4-6-8-18/h4-14H,15-17H2,1-3H3,(H,23,25). The van der Waals surface area contributed by atoms with Crippen LogP contribution in [0.15, 0.2) is 76.9 Å². The number of nitrogens with zero attached hydrogens (tertiary/aromatic N) is 4. The largest absolute Gasteiger partial charge is 0.349 e. The zero-order chi connectivity index (χ0) is 19.8. The molecular formula is C22H27N5S. The fraction of sp³-hybridized carbons (Fsp3) is 0.273. The summed E-state index contributed by atoms with van der Waals surface area (Å²) in [6.45, 7) is 2.24. The number of nitrogens with one attached hydrogen (secondary N) is 1. The Labute approximate surface area is 171 Å². The van der Waals surface area contributed by atoms with Crippen molar-refractivity contribution in [2.24, 2.45) is 4.99 Å². The van der Waals surface area contributed by atoms with Crippen molar-refractivity contribution in [1.82, 2.24) is 19.8 Å². The molecule has 1 aromatic heterocycles. The van der Waals surface area contributed by atoms with E-state index in [0.29, 0.717) is 6.54 Å². The molecule has 0 saturated heterocycles. The van der Waals surface area contributed by atoms with E-state index in [1.54, 1.807) is 11.8 Å². The number of hydrogen-bond donors (Lipinski definition) is 1. The lowest BCUT2D eigenvalue weighted by Gasteiger charge is -2.22. The summed E-state index contributed by atoms with van der Waals surface area (Å²) in [5.74, 6) is 1.84. The minimum absolute atomic E-state index is 0.627. The highest BCUT2D eigenvalue weighted by molar-refractivity contribution is 7.98. The molecule has 0 radical (unpaired) electrons. The van der Waals surface area contributed by atoms with Crippen LogP contribution in [0.4, 0.5) is 0 Å². The van der Waals surface area contributed by atoms with Crippen LogP contribution >= 0.6 is 11.8 Å². The predicted octanol–water partition coefficient (Wildman–Crippen LogP) is 3.86. The van der Waals surface area contributed by atoms with Crippen molar-refractivity contribution >= 4 is 17.7 Å². The third-order valence-electron chi connectivity index (χ3n) is 4.55. The van der Waals surface area contributed by atoms with Crippen molar-refractivity contribution in [2.75, 3.05) is 20.4 Å². The average Bonchev–Trinajstić information content (AvgIpc) is 3.16. The molecular weight excluding hydrogens is 366 g/mol. The number of thioether (sulfide) groups is 1. The maximum Gasteiger partial charge on any atom is 0.194 e. The Morgan fingerprint density at radius 1 is 1.11 bits per heavy atom. The minimum atomic E-state index is 0.627. The van der Waals surface area contributed by atoms with E-state index in [9.17, 15) is 0 Å². The Morgan fingerprint density at radius 3 is 2.54 bits per heavy atom. The molecule has 3 rings (SSSR count). The lowest BCUT2D eigenvalue weighted by atomic mass is 10.2. The molecule has 0 aliphatic heterocycles. The van der Waals surface area contributed by atoms with Gasteiger partial charge in [0, 0.05) is 44.5 Å². The van der Waals surface area contributed by atoms with Crippen LogP contribution in [0, 0.1) is 0 Å². The van der Waals surface area contributed by atoms with Gasteiger partial charge in [-0.2, -0.15) is 0 Å². The molecule has 0 atom stereocenters. The van der Waals surface area contributed by atoms with Gasteiger partial charge >= 0.3 is 0 Å². The normalized spacial score (nSPS) is 11.5. The van der Waals surface area contributed by atoms with E-state index in [4.69, 9.17) is 0 Å². The van der Waals surface area contributed by atoms with E-state index in [1.165, 1.54) is 16.0 Å². The highest BCUT2D eigenvalue weighted by atomic mass is 32.2. The van der Waals surface area contributed by atoms with Crippen molar-refractivity contribution in [1.29, 1.82) is 0 Å². The van der Waals surface area contributed by atoms with Crippen LogP contribution < -0.4 is 5.32 Å². The summed E-state index contributed by atoms with van der Waals surface area (Å²) in [6, 6.07) is 19.1. The third-order valence-corrected chi connectivity index (χ3v) is 5.30. The van der Waals surface area contributed by atoms with Gasteiger partial charge in [-0.25, -0.2) is 4.98 Å². The van der Waals surface area contributed by atoms with Crippen LogP contribution in [0.2, 0.25) is 0 Å². The zero-order valence-corrected chi connectivity index (χ0v) is 17.5. The number of guanidine groups is 1. The first-order valence-corrected chi connectivity index (χ1v) is 10.5. The van der Waals surface area contributed by atoms with Gasteiger partial charge in [-0.15, -0.1) is 11.8 Å². The van der Waals surface area contributed by atoms with Crippen molar-refractivity contribution in [3.05, 3.63) is 83.9 Å². The number of hydrogen-bond acceptors (Lipinski definition) is 3. The molecule has 0 unspecified atom stereocenters. The van der Waals surface area contributed by atoms with Gasteiger partial charge in [0.1, 0.15) is 5.82 Å². The summed E-state index contributed by atoms with van der Waals surface area (Å²) in [7, 11) is 3.86. The second-order valence-corrected chi connectivity index (χ2v) is 7.44. The van der Waals surface area contributed by atoms with Crippen LogP contribution in [0.3, 0.4) is 0 Å². The third kappa shape index (κ3) is 5.39. The maximum absolute atomic E-state index is 4.51. The zero-order valence-electron chi connectivity index (χ0n) is 16.7. The van der Waals surface area contributed by atoms with Gasteiger partial charge in [-0.1, -0.05) is 42.5 Å². The lowest BCUT2D eigenvalue weighted by Crippen LogP contribution is -2.38. The van der Waals surface area contributed by atoms with Crippen molar-refractivity contribution in [3.63, 3.8) is 0 Å². The van der Waals surface area contributed by atoms with Crippen molar-refractivity contribution in [2.45, 2.75) is 24.5 Å². The fourth-order valence-corrected chi connectivity index (χ4v) is 3.46. The first kappa shape index (κ1) is 20.0. The summed E-state index contributed by atoms with van der Waals surface area (Å²) in [6.07, 6.45) is 5.96. The molecule has 5 nitrogen and oxygen atoms in total. The molecule has 0 aliphatic carbocycles. The minimum Gasteiger partial charge on any atom is -0.349 e. The van der Waals surface area contributed by atoms with Gasteiger partial charge in [0.15, 0.2) is 5.96 Å². The second kappa shape index (κ2) is 9.99. The molecule has 146 valence electrons. The van der Waals surface area contributed by atoms with Gasteiger partial charge in [0.25, 0.3) is 0 Å². The highest BCUT2D eigenvalue weighted by Gasteiger charge is 2.09. The molecule has 3 aromatic rings. The van der Waals surface area contributed by atoms with Crippen LogP contribution in [0.1, 0.15) is 17.0 Å². The SMILES string of the molecule is CN=C(NCc1nccn1Cc1ccccc1)N(C)Cc1ccc(SC)cc1. The summed E-state index contributed by atoms with van der Waals surface area (Å²) in [5.41, 5.74) is 2.52. The van der Waals surface area contributed by atoms with E-state index in [2.05, 4.69) is 79.5 Å². The Kier molecular flexibility index (Phi) is 7.14. The molecule has 2 aromatic carbocycles. The quantitative estimate of drug-likeness (QED) is 0.376. The number of aliphatic imine (C=N–C) groups is 1. The summed E-state index contributed by atoms with van der Waals surface area (Å²) < 4.78 is 2.16.